The van der Waals surface area contributed by atoms with Gasteiger partial charge in [-0.2, -0.15) is 0 Å². The number of anilines is 6. The Morgan fingerprint density at radius 3 is 1.55 bits per heavy atom. The molecule has 40 heavy (non-hydrogen) atoms. The molecule has 3 aliphatic heterocycles. The molecule has 0 saturated heterocycles. The Labute approximate surface area is 235 Å². The number of rotatable bonds is 2. The fraction of sp³-hybridized carbons (Fsp3) is 0. The zero-order chi connectivity index (χ0) is 26.2. The molecule has 3 heterocycles. The Kier molecular flexibility index (Phi) is 4.53. The van der Waals surface area contributed by atoms with Crippen molar-refractivity contribution in [1.29, 1.82) is 0 Å². The van der Waals surface area contributed by atoms with Crippen LogP contribution in [0.15, 0.2) is 146 Å². The fourth-order valence-corrected chi connectivity index (χ4v) is 7.41. The van der Waals surface area contributed by atoms with Gasteiger partial charge in [-0.15, -0.1) is 0 Å². The Hall–Kier alpha value is -4.95. The number of benzene rings is 6. The summed E-state index contributed by atoms with van der Waals surface area (Å²) in [5, 5.41) is 0. The highest BCUT2D eigenvalue weighted by Gasteiger charge is 2.46. The molecular weight excluding hydrogens is 482 g/mol. The smallest absolute Gasteiger partial charge is 0.252 e. The van der Waals surface area contributed by atoms with Gasteiger partial charge in [0, 0.05) is 34.1 Å². The Bertz CT molecular complexity index is 1790. The molecule has 0 amide bonds. The zero-order valence-corrected chi connectivity index (χ0v) is 21.9. The first-order chi connectivity index (χ1) is 19.9. The molecule has 0 atom stereocenters. The van der Waals surface area contributed by atoms with Gasteiger partial charge in [0.2, 0.25) is 6.71 Å². The van der Waals surface area contributed by atoms with Crippen LogP contribution in [-0.2, 0) is 0 Å². The van der Waals surface area contributed by atoms with E-state index in [0.717, 1.165) is 0 Å². The third-order valence-electron chi connectivity index (χ3n) is 8.90. The van der Waals surface area contributed by atoms with Crippen molar-refractivity contribution >= 4 is 80.3 Å². The summed E-state index contributed by atoms with van der Waals surface area (Å²) in [5.41, 5.74) is 15.8. The number of para-hydroxylation sites is 4. The number of hydrogen-bond acceptors (Lipinski definition) is 2. The van der Waals surface area contributed by atoms with Crippen LogP contribution in [-0.4, -0.2) is 13.4 Å². The Morgan fingerprint density at radius 1 is 0.350 bits per heavy atom. The standard InChI is InChI=1S/C36H24B2N2/c1-3-13-25(14-4-1)37-27-17-7-10-22-32(27)40-34-24-12-23-33-35(34)38(30-20-11-19-29(37)36(30)40)28-18-8-9-21-31(28)39(33)26-15-5-2-6-16-26/h1-24H. The molecule has 2 nitrogen and oxygen atoms in total. The molecule has 3 aliphatic rings. The van der Waals surface area contributed by atoms with Crippen LogP contribution in [0.1, 0.15) is 0 Å². The van der Waals surface area contributed by atoms with Crippen molar-refractivity contribution in [2.45, 2.75) is 0 Å². The molecule has 6 aromatic rings. The number of hydrogen-bond donors (Lipinski definition) is 0. The van der Waals surface area contributed by atoms with Crippen molar-refractivity contribution in [3.63, 3.8) is 0 Å². The average molecular weight is 506 g/mol. The van der Waals surface area contributed by atoms with Gasteiger partial charge in [-0.25, -0.2) is 0 Å². The van der Waals surface area contributed by atoms with E-state index in [1.54, 1.807) is 0 Å². The molecule has 0 aromatic heterocycles. The highest BCUT2D eigenvalue weighted by atomic mass is 15.2. The van der Waals surface area contributed by atoms with Gasteiger partial charge in [0.1, 0.15) is 0 Å². The van der Waals surface area contributed by atoms with Crippen LogP contribution in [0.2, 0.25) is 0 Å². The predicted octanol–water partition coefficient (Wildman–Crippen LogP) is 4.60. The van der Waals surface area contributed by atoms with Crippen LogP contribution < -0.4 is 42.6 Å². The summed E-state index contributed by atoms with van der Waals surface area (Å²) in [6, 6.07) is 53.6. The molecule has 0 radical (unpaired) electrons. The van der Waals surface area contributed by atoms with Gasteiger partial charge < -0.3 is 9.80 Å². The van der Waals surface area contributed by atoms with E-state index in [2.05, 4.69) is 155 Å². The van der Waals surface area contributed by atoms with E-state index in [4.69, 9.17) is 0 Å². The molecule has 4 heteroatoms. The van der Waals surface area contributed by atoms with Crippen LogP contribution in [0.5, 0.6) is 0 Å². The lowest BCUT2D eigenvalue weighted by atomic mass is 9.30. The van der Waals surface area contributed by atoms with Gasteiger partial charge in [0.15, 0.2) is 0 Å². The largest absolute Gasteiger partial charge is 0.312 e. The summed E-state index contributed by atoms with van der Waals surface area (Å²) in [6.07, 6.45) is 0. The van der Waals surface area contributed by atoms with Crippen molar-refractivity contribution in [3.8, 4) is 0 Å². The number of nitrogens with zero attached hydrogens (tertiary/aromatic N) is 2. The third-order valence-corrected chi connectivity index (χ3v) is 8.90. The molecule has 184 valence electrons. The van der Waals surface area contributed by atoms with Crippen LogP contribution in [0.4, 0.5) is 34.1 Å². The summed E-state index contributed by atoms with van der Waals surface area (Å²) in [6.45, 7) is 0.350. The molecule has 0 unspecified atom stereocenters. The first-order valence-electron chi connectivity index (χ1n) is 14.0. The minimum atomic E-state index is 0.162. The van der Waals surface area contributed by atoms with E-state index in [1.165, 1.54) is 66.9 Å². The Balaban J connectivity index is 1.39. The molecular formula is C36H24B2N2. The molecule has 9 rings (SSSR count). The van der Waals surface area contributed by atoms with Gasteiger partial charge >= 0.3 is 0 Å². The highest BCUT2D eigenvalue weighted by molar-refractivity contribution is 7.03. The SMILES string of the molecule is c1ccc(B2c3ccccc3N3c4cccc5c4B(c4ccccc4N5c4ccccc4)c4cccc2c43)cc1. The zero-order valence-electron chi connectivity index (χ0n) is 21.9. The molecule has 0 fully saturated rings. The van der Waals surface area contributed by atoms with Gasteiger partial charge in [-0.05, 0) is 63.7 Å². The summed E-state index contributed by atoms with van der Waals surface area (Å²) >= 11 is 0. The minimum absolute atomic E-state index is 0.162. The monoisotopic (exact) mass is 506 g/mol. The second-order valence-corrected chi connectivity index (χ2v) is 10.9. The fourth-order valence-electron chi connectivity index (χ4n) is 7.41. The molecule has 0 bridgehead atoms. The topological polar surface area (TPSA) is 6.48 Å². The third kappa shape index (κ3) is 2.85. The van der Waals surface area contributed by atoms with Gasteiger partial charge in [-0.1, -0.05) is 115 Å². The maximum Gasteiger partial charge on any atom is 0.252 e. The van der Waals surface area contributed by atoms with E-state index < -0.39 is 0 Å². The summed E-state index contributed by atoms with van der Waals surface area (Å²) < 4.78 is 0. The predicted molar refractivity (Wildman–Crippen MR) is 172 cm³/mol. The molecule has 0 saturated carbocycles. The van der Waals surface area contributed by atoms with Crippen LogP contribution in [0.25, 0.3) is 0 Å². The van der Waals surface area contributed by atoms with Crippen molar-refractivity contribution in [2.24, 2.45) is 0 Å². The molecule has 6 aromatic carbocycles. The van der Waals surface area contributed by atoms with Gasteiger partial charge in [0.25, 0.3) is 6.71 Å². The van der Waals surface area contributed by atoms with E-state index in [9.17, 15) is 0 Å². The van der Waals surface area contributed by atoms with Gasteiger partial charge in [0.05, 0.1) is 0 Å². The normalized spacial score (nSPS) is 13.8. The van der Waals surface area contributed by atoms with Crippen molar-refractivity contribution in [3.05, 3.63) is 146 Å². The maximum atomic E-state index is 2.55. The maximum absolute atomic E-state index is 2.55. The molecule has 0 aliphatic carbocycles. The van der Waals surface area contributed by atoms with E-state index >= 15 is 0 Å². The quantitative estimate of drug-likeness (QED) is 0.317. The van der Waals surface area contributed by atoms with Crippen LogP contribution in [0.3, 0.4) is 0 Å². The second kappa shape index (κ2) is 8.27. The van der Waals surface area contributed by atoms with Gasteiger partial charge in [-0.3, -0.25) is 0 Å². The summed E-state index contributed by atoms with van der Waals surface area (Å²) in [4.78, 5) is 4.99. The highest BCUT2D eigenvalue weighted by Crippen LogP contribution is 2.43. The summed E-state index contributed by atoms with van der Waals surface area (Å²) in [7, 11) is 0. The van der Waals surface area contributed by atoms with Crippen molar-refractivity contribution in [1.82, 2.24) is 0 Å². The second-order valence-electron chi connectivity index (χ2n) is 10.9. The van der Waals surface area contributed by atoms with Crippen molar-refractivity contribution in [2.75, 3.05) is 9.80 Å². The first kappa shape index (κ1) is 21.9. The Morgan fingerprint density at radius 2 is 0.825 bits per heavy atom. The van der Waals surface area contributed by atoms with Crippen molar-refractivity contribution < 1.29 is 0 Å². The van der Waals surface area contributed by atoms with Crippen LogP contribution in [0, 0.1) is 0 Å². The average Bonchev–Trinajstić information content (AvgIpc) is 3.03. The van der Waals surface area contributed by atoms with E-state index in [0.29, 0.717) is 0 Å². The first-order valence-corrected chi connectivity index (χ1v) is 14.0. The summed E-state index contributed by atoms with van der Waals surface area (Å²) in [5.74, 6) is 0. The number of fused-ring (bicyclic) bond motifs is 6. The lowest BCUT2D eigenvalue weighted by Gasteiger charge is -2.47. The lowest BCUT2D eigenvalue weighted by molar-refractivity contribution is 1.26. The van der Waals surface area contributed by atoms with Crippen LogP contribution >= 0.6 is 0 Å². The van der Waals surface area contributed by atoms with E-state index in [1.807, 2.05) is 0 Å². The van der Waals surface area contributed by atoms with E-state index in [-0.39, 0.29) is 13.4 Å². The minimum Gasteiger partial charge on any atom is -0.312 e. The lowest BCUT2D eigenvalue weighted by Crippen LogP contribution is -2.66. The molecule has 0 spiro atoms. The molecule has 0 N–H and O–H groups in total.